The van der Waals surface area contributed by atoms with E-state index in [2.05, 4.69) is 5.32 Å². The zero-order valence-corrected chi connectivity index (χ0v) is 13.8. The Balaban J connectivity index is 1.65. The number of benzene rings is 2. The van der Waals surface area contributed by atoms with Crippen molar-refractivity contribution in [1.29, 1.82) is 0 Å². The molecule has 2 N–H and O–H groups in total. The molecular formula is C19H21NO5. The third kappa shape index (κ3) is 7.39. The van der Waals surface area contributed by atoms with Gasteiger partial charge in [0.25, 0.3) is 0 Å². The van der Waals surface area contributed by atoms with E-state index in [1.807, 2.05) is 36.4 Å². The molecule has 0 unspecified atom stereocenters. The molecule has 0 aromatic heterocycles. The number of ether oxygens (including phenoxy) is 2. The minimum atomic E-state index is -1.03. The van der Waals surface area contributed by atoms with Crippen LogP contribution in [-0.4, -0.2) is 30.2 Å². The van der Waals surface area contributed by atoms with Crippen molar-refractivity contribution >= 4 is 11.9 Å². The van der Waals surface area contributed by atoms with Crippen LogP contribution in [0.25, 0.3) is 0 Å². The van der Waals surface area contributed by atoms with Gasteiger partial charge in [-0.2, -0.15) is 0 Å². The topological polar surface area (TPSA) is 84.9 Å². The molecule has 0 radical (unpaired) electrons. The molecule has 2 aromatic rings. The number of nitrogens with one attached hydrogen (secondary N) is 1. The summed E-state index contributed by atoms with van der Waals surface area (Å²) >= 11 is 0. The molecule has 0 fully saturated rings. The number of carboxylic acids is 1. The highest BCUT2D eigenvalue weighted by atomic mass is 16.5. The van der Waals surface area contributed by atoms with Crippen LogP contribution in [0.3, 0.4) is 0 Å². The zero-order valence-electron chi connectivity index (χ0n) is 13.8. The molecule has 1 amide bonds. The predicted molar refractivity (Wildman–Crippen MR) is 92.6 cm³/mol. The van der Waals surface area contributed by atoms with E-state index in [0.29, 0.717) is 31.7 Å². The first-order valence-corrected chi connectivity index (χ1v) is 8.01. The van der Waals surface area contributed by atoms with Gasteiger partial charge in [0.2, 0.25) is 5.91 Å². The fourth-order valence-corrected chi connectivity index (χ4v) is 2.12. The van der Waals surface area contributed by atoms with Crippen LogP contribution in [0.1, 0.15) is 18.4 Å². The van der Waals surface area contributed by atoms with Crippen molar-refractivity contribution in [2.75, 3.05) is 13.2 Å². The summed E-state index contributed by atoms with van der Waals surface area (Å²) in [4.78, 5) is 22.3. The highest BCUT2D eigenvalue weighted by molar-refractivity contribution is 5.75. The van der Waals surface area contributed by atoms with Crippen molar-refractivity contribution < 1.29 is 24.2 Å². The fraction of sp³-hybridized carbons (Fsp3) is 0.263. The number of carboxylic acid groups (broad SMARTS) is 1. The maximum atomic E-state index is 11.9. The smallest absolute Gasteiger partial charge is 0.341 e. The Hall–Kier alpha value is -3.02. The number of carbonyl (C=O) groups excluding carboxylic acids is 1. The number of hydrogen-bond acceptors (Lipinski definition) is 4. The molecule has 0 aliphatic rings. The Morgan fingerprint density at radius 1 is 0.960 bits per heavy atom. The second-order valence-corrected chi connectivity index (χ2v) is 5.37. The van der Waals surface area contributed by atoms with E-state index in [1.165, 1.54) is 0 Å². The summed E-state index contributed by atoms with van der Waals surface area (Å²) in [6.07, 6.45) is 1.00. The number of para-hydroxylation sites is 1. The molecule has 0 aliphatic heterocycles. The van der Waals surface area contributed by atoms with Gasteiger partial charge in [0.1, 0.15) is 11.5 Å². The monoisotopic (exact) mass is 343 g/mol. The maximum absolute atomic E-state index is 11.9. The van der Waals surface area contributed by atoms with Crippen LogP contribution in [0.2, 0.25) is 0 Å². The van der Waals surface area contributed by atoms with Gasteiger partial charge in [-0.1, -0.05) is 30.3 Å². The summed E-state index contributed by atoms with van der Waals surface area (Å²) in [7, 11) is 0. The first-order valence-electron chi connectivity index (χ1n) is 8.01. The van der Waals surface area contributed by atoms with Crippen molar-refractivity contribution in [3.05, 3.63) is 60.2 Å². The van der Waals surface area contributed by atoms with E-state index in [9.17, 15) is 9.59 Å². The summed E-state index contributed by atoms with van der Waals surface area (Å²) < 4.78 is 10.6. The van der Waals surface area contributed by atoms with Crippen LogP contribution in [0.5, 0.6) is 11.5 Å². The van der Waals surface area contributed by atoms with Gasteiger partial charge in [-0.3, -0.25) is 4.79 Å². The van der Waals surface area contributed by atoms with E-state index >= 15 is 0 Å². The van der Waals surface area contributed by atoms with Crippen LogP contribution in [0, 0.1) is 0 Å². The molecule has 0 saturated carbocycles. The van der Waals surface area contributed by atoms with Crippen molar-refractivity contribution in [3.63, 3.8) is 0 Å². The summed E-state index contributed by atoms with van der Waals surface area (Å²) in [5, 5.41) is 11.4. The SMILES string of the molecule is O=C(O)COc1cccc(CNC(=O)CCCOc2ccccc2)c1. The minimum absolute atomic E-state index is 0.0616. The number of aliphatic carboxylic acids is 1. The van der Waals surface area contributed by atoms with E-state index in [1.54, 1.807) is 18.2 Å². The molecule has 132 valence electrons. The van der Waals surface area contributed by atoms with Gasteiger partial charge in [0.15, 0.2) is 6.61 Å². The van der Waals surface area contributed by atoms with Crippen LogP contribution in [0.4, 0.5) is 0 Å². The van der Waals surface area contributed by atoms with Gasteiger partial charge in [-0.25, -0.2) is 4.79 Å². The molecule has 2 rings (SSSR count). The highest BCUT2D eigenvalue weighted by Crippen LogP contribution is 2.13. The van der Waals surface area contributed by atoms with Gasteiger partial charge in [-0.05, 0) is 36.2 Å². The van der Waals surface area contributed by atoms with Crippen molar-refractivity contribution in [2.45, 2.75) is 19.4 Å². The lowest BCUT2D eigenvalue weighted by atomic mass is 10.2. The average Bonchev–Trinajstić information content (AvgIpc) is 2.63. The minimum Gasteiger partial charge on any atom is -0.494 e. The van der Waals surface area contributed by atoms with Gasteiger partial charge in [-0.15, -0.1) is 0 Å². The molecule has 0 atom stereocenters. The van der Waals surface area contributed by atoms with Gasteiger partial charge < -0.3 is 19.9 Å². The van der Waals surface area contributed by atoms with E-state index < -0.39 is 12.6 Å². The molecule has 0 aliphatic carbocycles. The molecule has 6 nitrogen and oxygen atoms in total. The lowest BCUT2D eigenvalue weighted by Gasteiger charge is -2.08. The third-order valence-corrected chi connectivity index (χ3v) is 3.31. The van der Waals surface area contributed by atoms with Gasteiger partial charge in [0, 0.05) is 13.0 Å². The molecule has 0 saturated heterocycles. The first kappa shape index (κ1) is 18.3. The Morgan fingerprint density at radius 3 is 2.48 bits per heavy atom. The number of amides is 1. The van der Waals surface area contributed by atoms with Crippen molar-refractivity contribution in [2.24, 2.45) is 0 Å². The summed E-state index contributed by atoms with van der Waals surface area (Å²) in [6.45, 7) is 0.454. The van der Waals surface area contributed by atoms with Crippen LogP contribution in [-0.2, 0) is 16.1 Å². The second kappa shape index (κ2) is 9.97. The molecule has 0 heterocycles. The second-order valence-electron chi connectivity index (χ2n) is 5.37. The first-order chi connectivity index (χ1) is 12.1. The predicted octanol–water partition coefficient (Wildman–Crippen LogP) is 2.63. The van der Waals surface area contributed by atoms with Crippen LogP contribution in [0.15, 0.2) is 54.6 Å². The normalized spacial score (nSPS) is 10.1. The van der Waals surface area contributed by atoms with Crippen molar-refractivity contribution in [1.82, 2.24) is 5.32 Å². The number of hydrogen-bond donors (Lipinski definition) is 2. The Labute approximate surface area is 146 Å². The standard InChI is InChI=1S/C19H21NO5/c21-18(10-5-11-24-16-7-2-1-3-8-16)20-13-15-6-4-9-17(12-15)25-14-19(22)23/h1-4,6-9,12H,5,10-11,13-14H2,(H,20,21)(H,22,23). The molecular weight excluding hydrogens is 322 g/mol. The lowest BCUT2D eigenvalue weighted by molar-refractivity contribution is -0.139. The van der Waals surface area contributed by atoms with E-state index in [-0.39, 0.29) is 5.91 Å². The van der Waals surface area contributed by atoms with E-state index in [0.717, 1.165) is 11.3 Å². The zero-order chi connectivity index (χ0) is 17.9. The fourth-order valence-electron chi connectivity index (χ4n) is 2.12. The van der Waals surface area contributed by atoms with Crippen LogP contribution < -0.4 is 14.8 Å². The summed E-state index contributed by atoms with van der Waals surface area (Å²) in [5.74, 6) is 0.163. The van der Waals surface area contributed by atoms with E-state index in [4.69, 9.17) is 14.6 Å². The quantitative estimate of drug-likeness (QED) is 0.648. The summed E-state index contributed by atoms with van der Waals surface area (Å²) in [5.41, 5.74) is 0.844. The maximum Gasteiger partial charge on any atom is 0.341 e. The molecule has 25 heavy (non-hydrogen) atoms. The Bertz CT molecular complexity index is 687. The largest absolute Gasteiger partial charge is 0.494 e. The van der Waals surface area contributed by atoms with Crippen LogP contribution >= 0.6 is 0 Å². The third-order valence-electron chi connectivity index (χ3n) is 3.31. The Kier molecular flexibility index (Phi) is 7.31. The number of rotatable bonds is 10. The average molecular weight is 343 g/mol. The molecule has 2 aromatic carbocycles. The molecule has 0 bridgehead atoms. The summed E-state index contributed by atoms with van der Waals surface area (Å²) in [6, 6.07) is 16.4. The van der Waals surface area contributed by atoms with Gasteiger partial charge >= 0.3 is 5.97 Å². The highest BCUT2D eigenvalue weighted by Gasteiger charge is 2.04. The molecule has 0 spiro atoms. The van der Waals surface area contributed by atoms with Crippen molar-refractivity contribution in [3.8, 4) is 11.5 Å². The molecule has 6 heteroatoms. The Morgan fingerprint density at radius 2 is 1.72 bits per heavy atom. The van der Waals surface area contributed by atoms with Gasteiger partial charge in [0.05, 0.1) is 6.61 Å². The number of carbonyl (C=O) groups is 2. The lowest BCUT2D eigenvalue weighted by Crippen LogP contribution is -2.23.